The Morgan fingerprint density at radius 1 is 1.50 bits per heavy atom. The van der Waals surface area contributed by atoms with Gasteiger partial charge in [0, 0.05) is 20.0 Å². The van der Waals surface area contributed by atoms with Crippen molar-refractivity contribution in [2.24, 2.45) is 7.05 Å². The van der Waals surface area contributed by atoms with E-state index in [1.165, 1.54) is 22.7 Å². The number of ether oxygens (including phenoxy) is 1. The zero-order valence-electron chi connectivity index (χ0n) is 10.2. The number of rotatable bonds is 4. The summed E-state index contributed by atoms with van der Waals surface area (Å²) in [4.78, 5) is 22.9. The molecule has 0 unspecified atom stereocenters. The van der Waals surface area contributed by atoms with Crippen LogP contribution < -0.4 is 5.56 Å². The fraction of sp³-hybridized carbons (Fsp3) is 0.500. The summed E-state index contributed by atoms with van der Waals surface area (Å²) in [5.41, 5.74) is 0.196. The van der Waals surface area contributed by atoms with Gasteiger partial charge in [-0.15, -0.1) is 5.10 Å². The van der Waals surface area contributed by atoms with Crippen molar-refractivity contribution >= 4 is 17.0 Å². The smallest absolute Gasteiger partial charge is 0.305 e. The predicted molar refractivity (Wildman–Crippen MR) is 61.8 cm³/mol. The molecule has 2 aromatic rings. The minimum Gasteiger partial charge on any atom is -0.469 e. The third kappa shape index (κ3) is 2.22. The highest BCUT2D eigenvalue weighted by Gasteiger charge is 2.09. The van der Waals surface area contributed by atoms with Gasteiger partial charge in [0.25, 0.3) is 5.56 Å². The highest BCUT2D eigenvalue weighted by Crippen LogP contribution is 2.02. The maximum absolute atomic E-state index is 12.0. The third-order valence-corrected chi connectivity index (χ3v) is 2.60. The molecular weight excluding hydrogens is 238 g/mol. The molecule has 0 aliphatic carbocycles. The number of aryl methyl sites for hydroxylation is 2. The van der Waals surface area contributed by atoms with E-state index in [4.69, 9.17) is 0 Å². The summed E-state index contributed by atoms with van der Waals surface area (Å²) < 4.78 is 7.23. The van der Waals surface area contributed by atoms with Crippen LogP contribution in [0.15, 0.2) is 11.0 Å². The summed E-state index contributed by atoms with van der Waals surface area (Å²) in [6, 6.07) is 0. The standard InChI is InChI=1S/C10H13N5O3/c1-14-9-7(6-11-14)10(17)15(13-12-9)5-3-4-8(16)18-2/h6H,3-5H2,1-2H3. The first-order valence-corrected chi connectivity index (χ1v) is 5.46. The summed E-state index contributed by atoms with van der Waals surface area (Å²) in [6.45, 7) is 0.325. The molecule has 0 N–H and O–H groups in total. The second-order valence-corrected chi connectivity index (χ2v) is 3.80. The van der Waals surface area contributed by atoms with Crippen molar-refractivity contribution < 1.29 is 9.53 Å². The summed E-state index contributed by atoms with van der Waals surface area (Å²) in [5.74, 6) is -0.307. The van der Waals surface area contributed by atoms with E-state index in [1.54, 1.807) is 7.05 Å². The predicted octanol–water partition coefficient (Wildman–Crippen LogP) is -0.522. The van der Waals surface area contributed by atoms with Gasteiger partial charge in [0.2, 0.25) is 0 Å². The van der Waals surface area contributed by atoms with Crippen molar-refractivity contribution in [2.45, 2.75) is 19.4 Å². The summed E-state index contributed by atoms with van der Waals surface area (Å²) in [6.07, 6.45) is 2.19. The minimum atomic E-state index is -0.307. The molecule has 8 nitrogen and oxygen atoms in total. The molecule has 2 aromatic heterocycles. The zero-order chi connectivity index (χ0) is 13.1. The van der Waals surface area contributed by atoms with E-state index in [9.17, 15) is 9.59 Å². The Morgan fingerprint density at radius 3 is 3.00 bits per heavy atom. The average Bonchev–Trinajstić information content (AvgIpc) is 2.74. The molecule has 0 aromatic carbocycles. The van der Waals surface area contributed by atoms with Crippen LogP contribution in [-0.4, -0.2) is 37.9 Å². The molecule has 0 bridgehead atoms. The van der Waals surface area contributed by atoms with E-state index >= 15 is 0 Å². The van der Waals surface area contributed by atoms with Crippen molar-refractivity contribution in [2.75, 3.05) is 7.11 Å². The molecule has 0 fully saturated rings. The minimum absolute atomic E-state index is 0.246. The van der Waals surface area contributed by atoms with Gasteiger partial charge in [0.05, 0.1) is 13.3 Å². The quantitative estimate of drug-likeness (QED) is 0.679. The molecule has 0 atom stereocenters. The van der Waals surface area contributed by atoms with Crippen molar-refractivity contribution in [1.29, 1.82) is 0 Å². The topological polar surface area (TPSA) is 91.9 Å². The molecule has 18 heavy (non-hydrogen) atoms. The Hall–Kier alpha value is -2.25. The molecule has 0 saturated heterocycles. The van der Waals surface area contributed by atoms with Crippen molar-refractivity contribution in [3.63, 3.8) is 0 Å². The van der Waals surface area contributed by atoms with Crippen LogP contribution >= 0.6 is 0 Å². The number of fused-ring (bicyclic) bond motifs is 1. The van der Waals surface area contributed by atoms with E-state index in [0.29, 0.717) is 24.0 Å². The molecule has 0 aliphatic rings. The molecular formula is C10H13N5O3. The molecule has 0 radical (unpaired) electrons. The average molecular weight is 251 g/mol. The lowest BCUT2D eigenvalue weighted by atomic mass is 10.3. The van der Waals surface area contributed by atoms with E-state index in [2.05, 4.69) is 20.1 Å². The Bertz CT molecular complexity index is 630. The Balaban J connectivity index is 2.17. The van der Waals surface area contributed by atoms with Crippen LogP contribution in [0.4, 0.5) is 0 Å². The lowest BCUT2D eigenvalue weighted by molar-refractivity contribution is -0.140. The molecule has 2 heterocycles. The molecule has 2 rings (SSSR count). The van der Waals surface area contributed by atoms with Crippen molar-refractivity contribution in [3.8, 4) is 0 Å². The first-order valence-electron chi connectivity index (χ1n) is 5.46. The van der Waals surface area contributed by atoms with Gasteiger partial charge in [0.1, 0.15) is 5.39 Å². The van der Waals surface area contributed by atoms with Gasteiger partial charge in [-0.25, -0.2) is 9.36 Å². The number of carbonyl (C=O) groups is 1. The number of methoxy groups -OCH3 is 1. The van der Waals surface area contributed by atoms with Crippen LogP contribution in [0.2, 0.25) is 0 Å². The van der Waals surface area contributed by atoms with Gasteiger partial charge < -0.3 is 4.74 Å². The SMILES string of the molecule is COC(=O)CCCn1nnc2c(cnn2C)c1=O. The number of hydrogen-bond donors (Lipinski definition) is 0. The first-order chi connectivity index (χ1) is 8.63. The van der Waals surface area contributed by atoms with E-state index in [-0.39, 0.29) is 17.9 Å². The number of hydrogen-bond acceptors (Lipinski definition) is 6. The van der Waals surface area contributed by atoms with Crippen LogP contribution in [-0.2, 0) is 23.1 Å². The van der Waals surface area contributed by atoms with Crippen molar-refractivity contribution in [3.05, 3.63) is 16.6 Å². The molecule has 96 valence electrons. The van der Waals surface area contributed by atoms with Crippen LogP contribution in [0.5, 0.6) is 0 Å². The first kappa shape index (κ1) is 12.2. The summed E-state index contributed by atoms with van der Waals surface area (Å²) >= 11 is 0. The Labute approximate surface area is 102 Å². The fourth-order valence-electron chi connectivity index (χ4n) is 1.60. The highest BCUT2D eigenvalue weighted by atomic mass is 16.5. The molecule has 8 heteroatoms. The lowest BCUT2D eigenvalue weighted by Crippen LogP contribution is -2.24. The van der Waals surface area contributed by atoms with Gasteiger partial charge in [-0.3, -0.25) is 9.59 Å². The normalized spacial score (nSPS) is 10.8. The van der Waals surface area contributed by atoms with E-state index in [0.717, 1.165) is 0 Å². The molecule has 0 saturated carbocycles. The van der Waals surface area contributed by atoms with E-state index < -0.39 is 0 Å². The van der Waals surface area contributed by atoms with Gasteiger partial charge in [-0.2, -0.15) is 5.10 Å². The number of aromatic nitrogens is 5. The van der Waals surface area contributed by atoms with Crippen LogP contribution in [0.1, 0.15) is 12.8 Å². The van der Waals surface area contributed by atoms with Crippen LogP contribution in [0.3, 0.4) is 0 Å². The maximum atomic E-state index is 12.0. The van der Waals surface area contributed by atoms with Crippen molar-refractivity contribution in [1.82, 2.24) is 24.8 Å². The molecule has 0 amide bonds. The second kappa shape index (κ2) is 4.94. The summed E-state index contributed by atoms with van der Waals surface area (Å²) in [5, 5.41) is 12.1. The van der Waals surface area contributed by atoms with Gasteiger partial charge in [0.15, 0.2) is 5.65 Å². The van der Waals surface area contributed by atoms with Crippen LogP contribution in [0, 0.1) is 0 Å². The Kier molecular flexibility index (Phi) is 3.35. The van der Waals surface area contributed by atoms with Gasteiger partial charge >= 0.3 is 5.97 Å². The number of esters is 1. The summed E-state index contributed by atoms with van der Waals surface area (Å²) in [7, 11) is 3.02. The fourth-order valence-corrected chi connectivity index (χ4v) is 1.60. The highest BCUT2D eigenvalue weighted by molar-refractivity contribution is 5.72. The number of nitrogens with zero attached hydrogens (tertiary/aromatic N) is 5. The van der Waals surface area contributed by atoms with Crippen LogP contribution in [0.25, 0.3) is 11.0 Å². The zero-order valence-corrected chi connectivity index (χ0v) is 10.2. The largest absolute Gasteiger partial charge is 0.469 e. The lowest BCUT2D eigenvalue weighted by Gasteiger charge is -2.02. The van der Waals surface area contributed by atoms with E-state index in [1.807, 2.05) is 0 Å². The maximum Gasteiger partial charge on any atom is 0.305 e. The third-order valence-electron chi connectivity index (χ3n) is 2.60. The van der Waals surface area contributed by atoms with Gasteiger partial charge in [-0.05, 0) is 6.42 Å². The van der Waals surface area contributed by atoms with Gasteiger partial charge in [-0.1, -0.05) is 5.21 Å². The second-order valence-electron chi connectivity index (χ2n) is 3.80. The molecule has 0 spiro atoms. The Morgan fingerprint density at radius 2 is 2.28 bits per heavy atom. The number of carbonyl (C=O) groups excluding carboxylic acids is 1. The molecule has 0 aliphatic heterocycles. The monoisotopic (exact) mass is 251 g/mol.